The lowest BCUT2D eigenvalue weighted by Crippen LogP contribution is -2.18. The van der Waals surface area contributed by atoms with Crippen molar-refractivity contribution in [3.05, 3.63) is 28.7 Å². The highest BCUT2D eigenvalue weighted by Crippen LogP contribution is 2.20. The van der Waals surface area contributed by atoms with Crippen molar-refractivity contribution in [1.82, 2.24) is 4.57 Å². The summed E-state index contributed by atoms with van der Waals surface area (Å²) in [5.74, 6) is 0.548. The summed E-state index contributed by atoms with van der Waals surface area (Å²) in [5, 5.41) is 0. The van der Waals surface area contributed by atoms with Crippen molar-refractivity contribution in [3.63, 3.8) is 0 Å². The molecule has 2 aromatic rings. The second-order valence-corrected chi connectivity index (χ2v) is 4.52. The van der Waals surface area contributed by atoms with E-state index in [1.165, 1.54) is 4.57 Å². The third kappa shape index (κ3) is 2.34. The van der Waals surface area contributed by atoms with Crippen LogP contribution in [0.5, 0.6) is 0 Å². The number of benzene rings is 1. The first kappa shape index (κ1) is 12.1. The molecule has 92 valence electrons. The Morgan fingerprint density at radius 3 is 2.94 bits per heavy atom. The molecule has 0 aliphatic heterocycles. The number of aryl methyl sites for hydroxylation is 1. The van der Waals surface area contributed by atoms with Gasteiger partial charge in [-0.1, -0.05) is 0 Å². The molecule has 1 aromatic carbocycles. The molecule has 17 heavy (non-hydrogen) atoms. The number of nitrogens with zero attached hydrogens (tertiary/aromatic N) is 2. The number of fused-ring (bicyclic) bond motifs is 1. The van der Waals surface area contributed by atoms with Crippen LogP contribution in [0, 0.1) is 0 Å². The Kier molecular flexibility index (Phi) is 3.47. The Hall–Kier alpha value is -1.36. The fraction of sp³-hybridized carbons (Fsp3) is 0.417. The number of hydrogen-bond acceptors (Lipinski definition) is 4. The van der Waals surface area contributed by atoms with Crippen LogP contribution in [0.4, 0.5) is 5.69 Å². The molecular formula is C12H16N2O2S. The molecule has 0 saturated carbocycles. The molecule has 0 atom stereocenters. The number of aromatic nitrogens is 1. The Morgan fingerprint density at radius 2 is 2.24 bits per heavy atom. The Morgan fingerprint density at radius 1 is 1.47 bits per heavy atom. The van der Waals surface area contributed by atoms with E-state index in [0.29, 0.717) is 5.58 Å². The molecule has 4 nitrogen and oxygen atoms in total. The molecule has 0 aliphatic rings. The first-order chi connectivity index (χ1) is 8.13. The van der Waals surface area contributed by atoms with E-state index < -0.39 is 0 Å². The summed E-state index contributed by atoms with van der Waals surface area (Å²) in [6.07, 6.45) is 1.03. The maximum absolute atomic E-state index is 11.4. The van der Waals surface area contributed by atoms with Crippen LogP contribution in [0.15, 0.2) is 27.4 Å². The van der Waals surface area contributed by atoms with Crippen molar-refractivity contribution in [2.45, 2.75) is 6.42 Å². The van der Waals surface area contributed by atoms with Crippen molar-refractivity contribution < 1.29 is 4.42 Å². The third-order valence-corrected chi connectivity index (χ3v) is 3.18. The first-order valence-electron chi connectivity index (χ1n) is 5.55. The van der Waals surface area contributed by atoms with Gasteiger partial charge in [-0.05, 0) is 30.4 Å². The van der Waals surface area contributed by atoms with Gasteiger partial charge < -0.3 is 9.32 Å². The lowest BCUT2D eigenvalue weighted by atomic mass is 10.2. The lowest BCUT2D eigenvalue weighted by molar-refractivity contribution is 0.528. The smallest absolute Gasteiger partial charge is 0.408 e. The number of oxazole rings is 1. The van der Waals surface area contributed by atoms with Crippen molar-refractivity contribution in [2.24, 2.45) is 7.05 Å². The van der Waals surface area contributed by atoms with Crippen LogP contribution in [-0.2, 0) is 7.05 Å². The number of hydrogen-bond donors (Lipinski definition) is 1. The van der Waals surface area contributed by atoms with E-state index in [2.05, 4.69) is 17.5 Å². The van der Waals surface area contributed by atoms with E-state index in [9.17, 15) is 4.79 Å². The second kappa shape index (κ2) is 4.87. The third-order valence-electron chi connectivity index (χ3n) is 2.87. The van der Waals surface area contributed by atoms with Gasteiger partial charge in [0.05, 0.1) is 5.52 Å². The zero-order valence-electron chi connectivity index (χ0n) is 10.0. The molecule has 0 radical (unpaired) electrons. The highest BCUT2D eigenvalue weighted by Gasteiger charge is 2.08. The summed E-state index contributed by atoms with van der Waals surface area (Å²) >= 11 is 4.20. The van der Waals surface area contributed by atoms with Gasteiger partial charge in [0.2, 0.25) is 0 Å². The number of rotatable bonds is 4. The Labute approximate surface area is 105 Å². The van der Waals surface area contributed by atoms with Crippen LogP contribution in [-0.4, -0.2) is 23.9 Å². The molecule has 0 bridgehead atoms. The number of anilines is 1. The highest BCUT2D eigenvalue weighted by molar-refractivity contribution is 7.80. The average Bonchev–Trinajstić information content (AvgIpc) is 2.62. The monoisotopic (exact) mass is 252 g/mol. The summed E-state index contributed by atoms with van der Waals surface area (Å²) in [6, 6.07) is 5.77. The van der Waals surface area contributed by atoms with E-state index >= 15 is 0 Å². The molecule has 0 amide bonds. The van der Waals surface area contributed by atoms with Gasteiger partial charge in [0, 0.05) is 26.3 Å². The maximum Gasteiger partial charge on any atom is 0.419 e. The second-order valence-electron chi connectivity index (χ2n) is 4.08. The molecule has 0 N–H and O–H groups in total. The maximum atomic E-state index is 11.4. The zero-order chi connectivity index (χ0) is 12.4. The van der Waals surface area contributed by atoms with Crippen LogP contribution in [0.1, 0.15) is 6.42 Å². The van der Waals surface area contributed by atoms with Crippen LogP contribution in [0.25, 0.3) is 11.1 Å². The highest BCUT2D eigenvalue weighted by atomic mass is 32.1. The molecule has 0 fully saturated rings. The molecule has 0 spiro atoms. The van der Waals surface area contributed by atoms with Gasteiger partial charge in [0.25, 0.3) is 0 Å². The minimum Gasteiger partial charge on any atom is -0.408 e. The van der Waals surface area contributed by atoms with Crippen LogP contribution in [0.3, 0.4) is 0 Å². The molecule has 5 heteroatoms. The normalized spacial score (nSPS) is 11.0. The van der Waals surface area contributed by atoms with Crippen molar-refractivity contribution in [1.29, 1.82) is 0 Å². The van der Waals surface area contributed by atoms with E-state index in [4.69, 9.17) is 4.42 Å². The molecule has 2 rings (SSSR count). The minimum absolute atomic E-state index is 0.324. The van der Waals surface area contributed by atoms with Gasteiger partial charge >= 0.3 is 5.76 Å². The molecule has 1 heterocycles. The van der Waals surface area contributed by atoms with Gasteiger partial charge in [-0.3, -0.25) is 4.57 Å². The van der Waals surface area contributed by atoms with Crippen LogP contribution < -0.4 is 10.7 Å². The fourth-order valence-electron chi connectivity index (χ4n) is 1.79. The van der Waals surface area contributed by atoms with Gasteiger partial charge in [0.15, 0.2) is 5.58 Å². The van der Waals surface area contributed by atoms with E-state index in [0.717, 1.165) is 29.9 Å². The predicted molar refractivity (Wildman–Crippen MR) is 73.2 cm³/mol. The predicted octanol–water partition coefficient (Wildman–Crippen LogP) is 1.89. The van der Waals surface area contributed by atoms with E-state index in [1.54, 1.807) is 7.05 Å². The lowest BCUT2D eigenvalue weighted by Gasteiger charge is -2.18. The van der Waals surface area contributed by atoms with E-state index in [1.807, 2.05) is 25.2 Å². The Bertz CT molecular complexity index is 573. The first-order valence-corrected chi connectivity index (χ1v) is 6.18. The van der Waals surface area contributed by atoms with Crippen LogP contribution in [0.2, 0.25) is 0 Å². The van der Waals surface area contributed by atoms with Crippen molar-refractivity contribution in [3.8, 4) is 0 Å². The topological polar surface area (TPSA) is 38.4 Å². The van der Waals surface area contributed by atoms with Gasteiger partial charge in [-0.25, -0.2) is 4.79 Å². The number of thiol groups is 1. The molecule has 0 unspecified atom stereocenters. The average molecular weight is 252 g/mol. The minimum atomic E-state index is -0.324. The van der Waals surface area contributed by atoms with Crippen LogP contribution >= 0.6 is 12.6 Å². The van der Waals surface area contributed by atoms with Gasteiger partial charge in [-0.15, -0.1) is 0 Å². The molecule has 0 aliphatic carbocycles. The van der Waals surface area contributed by atoms with E-state index in [-0.39, 0.29) is 5.76 Å². The van der Waals surface area contributed by atoms with Gasteiger partial charge in [0.1, 0.15) is 0 Å². The summed E-state index contributed by atoms with van der Waals surface area (Å²) in [5.41, 5.74) is 2.53. The zero-order valence-corrected chi connectivity index (χ0v) is 10.9. The Balaban J connectivity index is 2.36. The van der Waals surface area contributed by atoms with Crippen molar-refractivity contribution >= 4 is 29.4 Å². The standard InChI is InChI=1S/C12H16N2O2S/c1-13(6-3-7-17)9-4-5-11-10(8-9)14(2)12(15)16-11/h4-5,8,17H,3,6-7H2,1-2H3. The van der Waals surface area contributed by atoms with Gasteiger partial charge in [-0.2, -0.15) is 12.6 Å². The molecule has 1 aromatic heterocycles. The summed E-state index contributed by atoms with van der Waals surface area (Å²) in [4.78, 5) is 13.5. The molecular weight excluding hydrogens is 236 g/mol. The SMILES string of the molecule is CN(CCCS)c1ccc2oc(=O)n(C)c2c1. The largest absolute Gasteiger partial charge is 0.419 e. The quantitative estimate of drug-likeness (QED) is 0.844. The van der Waals surface area contributed by atoms with Crippen molar-refractivity contribution in [2.75, 3.05) is 24.2 Å². The summed E-state index contributed by atoms with van der Waals surface area (Å²) in [7, 11) is 3.74. The summed E-state index contributed by atoms with van der Waals surface area (Å²) < 4.78 is 6.61. The molecule has 0 saturated heterocycles. The fourth-order valence-corrected chi connectivity index (χ4v) is 1.93. The summed E-state index contributed by atoms with van der Waals surface area (Å²) in [6.45, 7) is 0.945.